The molecule has 2 aliphatic carbocycles. The van der Waals surface area contributed by atoms with Crippen LogP contribution in [0.3, 0.4) is 0 Å². The minimum atomic E-state index is 0.703. The summed E-state index contributed by atoms with van der Waals surface area (Å²) >= 11 is 0. The average molecular weight is 124 g/mol. The SMILES string of the molecule is C1CC2OC3CC1CC23. The molecule has 4 atom stereocenters. The van der Waals surface area contributed by atoms with E-state index in [0.717, 1.165) is 11.8 Å². The number of fused-ring (bicyclic) bond motifs is 1. The molecule has 2 bridgehead atoms. The lowest BCUT2D eigenvalue weighted by atomic mass is 9.83. The molecule has 9 heavy (non-hydrogen) atoms. The largest absolute Gasteiger partial charge is 0.374 e. The lowest BCUT2D eigenvalue weighted by Crippen LogP contribution is -2.45. The second-order valence-electron chi connectivity index (χ2n) is 3.79. The van der Waals surface area contributed by atoms with Crippen molar-refractivity contribution in [2.75, 3.05) is 0 Å². The van der Waals surface area contributed by atoms with E-state index in [9.17, 15) is 0 Å². The van der Waals surface area contributed by atoms with Crippen LogP contribution >= 0.6 is 0 Å². The van der Waals surface area contributed by atoms with Crippen LogP contribution in [-0.4, -0.2) is 12.2 Å². The van der Waals surface area contributed by atoms with Crippen LogP contribution < -0.4 is 0 Å². The van der Waals surface area contributed by atoms with E-state index >= 15 is 0 Å². The summed E-state index contributed by atoms with van der Waals surface area (Å²) in [5, 5.41) is 0. The highest BCUT2D eigenvalue weighted by atomic mass is 16.5. The van der Waals surface area contributed by atoms with Gasteiger partial charge in [-0.1, -0.05) is 0 Å². The van der Waals surface area contributed by atoms with Crippen molar-refractivity contribution in [3.8, 4) is 0 Å². The summed E-state index contributed by atoms with van der Waals surface area (Å²) in [6.45, 7) is 0. The van der Waals surface area contributed by atoms with Gasteiger partial charge in [-0.2, -0.15) is 0 Å². The van der Waals surface area contributed by atoms with E-state index in [1.807, 2.05) is 0 Å². The predicted molar refractivity (Wildman–Crippen MR) is 34.1 cm³/mol. The van der Waals surface area contributed by atoms with E-state index in [4.69, 9.17) is 4.74 Å². The Morgan fingerprint density at radius 2 is 2.00 bits per heavy atom. The first-order valence-corrected chi connectivity index (χ1v) is 4.09. The molecule has 0 aromatic carbocycles. The highest BCUT2D eigenvalue weighted by Crippen LogP contribution is 2.52. The zero-order valence-corrected chi connectivity index (χ0v) is 5.55. The summed E-state index contributed by atoms with van der Waals surface area (Å²) < 4.78 is 5.65. The molecule has 1 nitrogen and oxygen atoms in total. The summed E-state index contributed by atoms with van der Waals surface area (Å²) in [7, 11) is 0. The summed E-state index contributed by atoms with van der Waals surface area (Å²) in [6.07, 6.45) is 7.12. The van der Waals surface area contributed by atoms with Gasteiger partial charge in [-0.15, -0.1) is 0 Å². The molecule has 0 N–H and O–H groups in total. The lowest BCUT2D eigenvalue weighted by molar-refractivity contribution is -0.169. The third-order valence-electron chi connectivity index (χ3n) is 3.34. The molecule has 0 aromatic rings. The molecule has 0 amide bonds. The van der Waals surface area contributed by atoms with Crippen LogP contribution in [-0.2, 0) is 4.74 Å². The maximum Gasteiger partial charge on any atom is 0.0634 e. The van der Waals surface area contributed by atoms with Crippen molar-refractivity contribution in [3.05, 3.63) is 0 Å². The van der Waals surface area contributed by atoms with Gasteiger partial charge in [-0.05, 0) is 31.6 Å². The second kappa shape index (κ2) is 1.34. The highest BCUT2D eigenvalue weighted by Gasteiger charge is 2.51. The van der Waals surface area contributed by atoms with Crippen LogP contribution in [0.5, 0.6) is 0 Å². The Morgan fingerprint density at radius 3 is 2.89 bits per heavy atom. The van der Waals surface area contributed by atoms with Crippen LogP contribution in [0.1, 0.15) is 25.7 Å². The Balaban J connectivity index is 1.95. The molecule has 0 spiro atoms. The number of rotatable bonds is 0. The van der Waals surface area contributed by atoms with Gasteiger partial charge >= 0.3 is 0 Å². The maximum absolute atomic E-state index is 5.65. The monoisotopic (exact) mass is 124 g/mol. The molecule has 3 rings (SSSR count). The van der Waals surface area contributed by atoms with Gasteiger partial charge in [-0.25, -0.2) is 0 Å². The van der Waals surface area contributed by atoms with Crippen LogP contribution in [0.4, 0.5) is 0 Å². The quantitative estimate of drug-likeness (QED) is 0.476. The minimum absolute atomic E-state index is 0.703. The molecule has 0 aromatic heterocycles. The summed E-state index contributed by atoms with van der Waals surface area (Å²) in [6, 6.07) is 0. The molecule has 0 radical (unpaired) electrons. The summed E-state index contributed by atoms with van der Waals surface area (Å²) in [5.74, 6) is 2.06. The van der Waals surface area contributed by atoms with E-state index in [0.29, 0.717) is 12.2 Å². The lowest BCUT2D eigenvalue weighted by Gasteiger charge is -2.41. The van der Waals surface area contributed by atoms with E-state index in [-0.39, 0.29) is 0 Å². The smallest absolute Gasteiger partial charge is 0.0634 e. The van der Waals surface area contributed by atoms with E-state index in [2.05, 4.69) is 0 Å². The molecule has 1 aliphatic heterocycles. The fourth-order valence-electron chi connectivity index (χ4n) is 2.84. The molecule has 1 saturated heterocycles. The summed E-state index contributed by atoms with van der Waals surface area (Å²) in [4.78, 5) is 0. The van der Waals surface area contributed by atoms with Gasteiger partial charge in [0.25, 0.3) is 0 Å². The van der Waals surface area contributed by atoms with Crippen LogP contribution in [0, 0.1) is 11.8 Å². The number of hydrogen-bond acceptors (Lipinski definition) is 1. The van der Waals surface area contributed by atoms with Crippen molar-refractivity contribution in [2.24, 2.45) is 11.8 Å². The number of hydrogen-bond donors (Lipinski definition) is 0. The third-order valence-corrected chi connectivity index (χ3v) is 3.34. The summed E-state index contributed by atoms with van der Waals surface area (Å²) in [5.41, 5.74) is 0. The molecule has 4 unspecified atom stereocenters. The highest BCUT2D eigenvalue weighted by molar-refractivity contribution is 5.00. The predicted octanol–water partition coefficient (Wildman–Crippen LogP) is 1.57. The molecule has 3 aliphatic rings. The Morgan fingerprint density at radius 1 is 1.00 bits per heavy atom. The standard InChI is InChI=1S/C8H12O/c1-2-7-6-3-5(1)4-8(6)9-7/h5-8H,1-4H2. The van der Waals surface area contributed by atoms with Crippen LogP contribution in [0.2, 0.25) is 0 Å². The average Bonchev–Trinajstić information content (AvgIpc) is 2.04. The Hall–Kier alpha value is -0.0400. The van der Waals surface area contributed by atoms with E-state index in [1.165, 1.54) is 25.7 Å². The van der Waals surface area contributed by atoms with Crippen molar-refractivity contribution in [1.82, 2.24) is 0 Å². The molecule has 1 heteroatoms. The first kappa shape index (κ1) is 4.73. The fourth-order valence-corrected chi connectivity index (χ4v) is 2.84. The van der Waals surface area contributed by atoms with Gasteiger partial charge in [-0.3, -0.25) is 0 Å². The zero-order chi connectivity index (χ0) is 5.84. The van der Waals surface area contributed by atoms with Crippen LogP contribution in [0.25, 0.3) is 0 Å². The molecular weight excluding hydrogens is 112 g/mol. The van der Waals surface area contributed by atoms with Crippen LogP contribution in [0.15, 0.2) is 0 Å². The van der Waals surface area contributed by atoms with Gasteiger partial charge in [0, 0.05) is 5.92 Å². The normalized spacial score (nSPS) is 61.3. The Bertz CT molecular complexity index is 130. The maximum atomic E-state index is 5.65. The second-order valence-corrected chi connectivity index (χ2v) is 3.79. The first-order valence-electron chi connectivity index (χ1n) is 4.09. The third kappa shape index (κ3) is 0.454. The molecule has 1 heterocycles. The van der Waals surface area contributed by atoms with Gasteiger partial charge in [0.1, 0.15) is 0 Å². The molecule has 50 valence electrons. The van der Waals surface area contributed by atoms with Crippen molar-refractivity contribution >= 4 is 0 Å². The molecule has 3 fully saturated rings. The van der Waals surface area contributed by atoms with Crippen molar-refractivity contribution < 1.29 is 4.74 Å². The van der Waals surface area contributed by atoms with Gasteiger partial charge < -0.3 is 4.74 Å². The van der Waals surface area contributed by atoms with Gasteiger partial charge in [0.15, 0.2) is 0 Å². The van der Waals surface area contributed by atoms with Gasteiger partial charge in [0.05, 0.1) is 12.2 Å². The number of ether oxygens (including phenoxy) is 1. The molecule has 2 saturated carbocycles. The zero-order valence-electron chi connectivity index (χ0n) is 5.55. The van der Waals surface area contributed by atoms with Crippen molar-refractivity contribution in [2.45, 2.75) is 37.9 Å². The van der Waals surface area contributed by atoms with Crippen molar-refractivity contribution in [1.29, 1.82) is 0 Å². The Labute approximate surface area is 55.4 Å². The molecular formula is C8H12O. The van der Waals surface area contributed by atoms with Gasteiger partial charge in [0.2, 0.25) is 0 Å². The minimum Gasteiger partial charge on any atom is -0.374 e. The fraction of sp³-hybridized carbons (Fsp3) is 1.00. The van der Waals surface area contributed by atoms with E-state index < -0.39 is 0 Å². The van der Waals surface area contributed by atoms with E-state index in [1.54, 1.807) is 0 Å². The first-order chi connectivity index (χ1) is 4.43. The Kier molecular flexibility index (Phi) is 0.704. The topological polar surface area (TPSA) is 9.23 Å². The van der Waals surface area contributed by atoms with Crippen molar-refractivity contribution in [3.63, 3.8) is 0 Å².